The summed E-state index contributed by atoms with van der Waals surface area (Å²) in [6.45, 7) is -0.187. The number of rotatable bonds is 3. The molecule has 0 fully saturated rings. The first-order valence-electron chi connectivity index (χ1n) is 6.50. The molecule has 0 aliphatic heterocycles. The van der Waals surface area contributed by atoms with Crippen LogP contribution in [0.2, 0.25) is 5.02 Å². The standard InChI is InChI=1S/C15H11ClN4O2/c16-11-5-6-13(17-8-11)19-14(21)9-20-15(22)12-4-2-1-3-10(12)7-18-20/h1-8H,9H2,(H,17,19,21). The van der Waals surface area contributed by atoms with Crippen molar-refractivity contribution in [2.24, 2.45) is 0 Å². The summed E-state index contributed by atoms with van der Waals surface area (Å²) in [5, 5.41) is 8.33. The van der Waals surface area contributed by atoms with E-state index in [1.165, 1.54) is 6.20 Å². The van der Waals surface area contributed by atoms with E-state index in [2.05, 4.69) is 15.4 Å². The Bertz CT molecular complexity index is 890. The Morgan fingerprint density at radius 3 is 2.77 bits per heavy atom. The van der Waals surface area contributed by atoms with Gasteiger partial charge in [0.1, 0.15) is 12.4 Å². The minimum atomic E-state index is -0.389. The lowest BCUT2D eigenvalue weighted by Gasteiger charge is -2.07. The van der Waals surface area contributed by atoms with Gasteiger partial charge in [0.2, 0.25) is 5.91 Å². The van der Waals surface area contributed by atoms with Gasteiger partial charge in [0.15, 0.2) is 0 Å². The molecule has 0 spiro atoms. The fraction of sp³-hybridized carbons (Fsp3) is 0.0667. The molecule has 7 heteroatoms. The highest BCUT2D eigenvalue weighted by atomic mass is 35.5. The summed E-state index contributed by atoms with van der Waals surface area (Å²) < 4.78 is 1.12. The van der Waals surface area contributed by atoms with Gasteiger partial charge in [0.25, 0.3) is 5.56 Å². The Kier molecular flexibility index (Phi) is 3.84. The monoisotopic (exact) mass is 314 g/mol. The van der Waals surface area contributed by atoms with Crippen LogP contribution in [-0.2, 0) is 11.3 Å². The van der Waals surface area contributed by atoms with E-state index in [0.717, 1.165) is 10.1 Å². The predicted molar refractivity (Wildman–Crippen MR) is 83.9 cm³/mol. The molecule has 110 valence electrons. The summed E-state index contributed by atoms with van der Waals surface area (Å²) in [7, 11) is 0. The second kappa shape index (κ2) is 5.95. The number of benzene rings is 1. The average Bonchev–Trinajstić information content (AvgIpc) is 2.53. The van der Waals surface area contributed by atoms with Crippen LogP contribution in [-0.4, -0.2) is 20.7 Å². The second-order valence-corrected chi connectivity index (χ2v) is 5.04. The van der Waals surface area contributed by atoms with E-state index < -0.39 is 0 Å². The third-order valence-electron chi connectivity index (χ3n) is 3.05. The van der Waals surface area contributed by atoms with E-state index in [4.69, 9.17) is 11.6 Å². The van der Waals surface area contributed by atoms with Crippen molar-refractivity contribution < 1.29 is 4.79 Å². The van der Waals surface area contributed by atoms with Crippen LogP contribution in [0.15, 0.2) is 53.6 Å². The molecule has 6 nitrogen and oxygen atoms in total. The van der Waals surface area contributed by atoms with Crippen LogP contribution < -0.4 is 10.9 Å². The molecule has 0 aliphatic rings. The van der Waals surface area contributed by atoms with Crippen LogP contribution in [0, 0.1) is 0 Å². The Morgan fingerprint density at radius 1 is 1.18 bits per heavy atom. The molecular weight excluding hydrogens is 304 g/mol. The molecule has 3 aromatic rings. The van der Waals surface area contributed by atoms with Crippen molar-refractivity contribution in [3.63, 3.8) is 0 Å². The van der Waals surface area contributed by atoms with Gasteiger partial charge >= 0.3 is 0 Å². The Labute approximate surface area is 130 Å². The molecule has 0 atom stereocenters. The van der Waals surface area contributed by atoms with E-state index in [9.17, 15) is 9.59 Å². The predicted octanol–water partition coefficient (Wildman–Crippen LogP) is 2.08. The molecule has 2 aromatic heterocycles. The fourth-order valence-electron chi connectivity index (χ4n) is 2.01. The summed E-state index contributed by atoms with van der Waals surface area (Å²) in [5.74, 6) is -0.0251. The van der Waals surface area contributed by atoms with Crippen LogP contribution in [0.4, 0.5) is 5.82 Å². The van der Waals surface area contributed by atoms with Gasteiger partial charge in [0.05, 0.1) is 16.6 Å². The molecule has 1 aromatic carbocycles. The number of hydrogen-bond donors (Lipinski definition) is 1. The van der Waals surface area contributed by atoms with E-state index in [0.29, 0.717) is 16.2 Å². The van der Waals surface area contributed by atoms with Crippen molar-refractivity contribution in [1.29, 1.82) is 0 Å². The Hall–Kier alpha value is -2.73. The Morgan fingerprint density at radius 2 is 2.00 bits per heavy atom. The maximum Gasteiger partial charge on any atom is 0.275 e. The highest BCUT2D eigenvalue weighted by molar-refractivity contribution is 6.30. The molecule has 3 rings (SSSR count). The summed E-state index contributed by atoms with van der Waals surface area (Å²) >= 11 is 5.72. The van der Waals surface area contributed by atoms with Gasteiger partial charge in [-0.15, -0.1) is 0 Å². The third kappa shape index (κ3) is 2.96. The number of carbonyl (C=O) groups is 1. The van der Waals surface area contributed by atoms with Gasteiger partial charge in [0, 0.05) is 11.6 Å². The molecule has 0 saturated carbocycles. The van der Waals surface area contributed by atoms with Crippen LogP contribution in [0.3, 0.4) is 0 Å². The van der Waals surface area contributed by atoms with Crippen LogP contribution >= 0.6 is 11.6 Å². The first kappa shape index (κ1) is 14.2. The normalized spacial score (nSPS) is 10.6. The first-order chi connectivity index (χ1) is 10.6. The lowest BCUT2D eigenvalue weighted by molar-refractivity contribution is -0.117. The molecule has 0 radical (unpaired) electrons. The van der Waals surface area contributed by atoms with Gasteiger partial charge in [-0.2, -0.15) is 5.10 Å². The summed E-state index contributed by atoms with van der Waals surface area (Å²) in [4.78, 5) is 28.2. The van der Waals surface area contributed by atoms with Crippen molar-refractivity contribution in [1.82, 2.24) is 14.8 Å². The van der Waals surface area contributed by atoms with Gasteiger partial charge in [-0.25, -0.2) is 9.67 Å². The van der Waals surface area contributed by atoms with Crippen LogP contribution in [0.5, 0.6) is 0 Å². The minimum absolute atomic E-state index is 0.187. The first-order valence-corrected chi connectivity index (χ1v) is 6.87. The summed E-state index contributed by atoms with van der Waals surface area (Å²) in [6, 6.07) is 10.3. The number of pyridine rings is 1. The fourth-order valence-corrected chi connectivity index (χ4v) is 2.12. The number of amides is 1. The van der Waals surface area contributed by atoms with E-state index >= 15 is 0 Å². The van der Waals surface area contributed by atoms with Gasteiger partial charge in [-0.3, -0.25) is 9.59 Å². The largest absolute Gasteiger partial charge is 0.309 e. The number of anilines is 1. The SMILES string of the molecule is O=C(Cn1ncc2ccccc2c1=O)Nc1ccc(Cl)cn1. The number of carbonyl (C=O) groups excluding carboxylic acids is 1. The zero-order valence-electron chi connectivity index (χ0n) is 11.4. The lowest BCUT2D eigenvalue weighted by atomic mass is 10.2. The Balaban J connectivity index is 1.81. The maximum atomic E-state index is 12.2. The quantitative estimate of drug-likeness (QED) is 0.803. The zero-order valence-corrected chi connectivity index (χ0v) is 12.1. The highest BCUT2D eigenvalue weighted by Gasteiger charge is 2.09. The molecular formula is C15H11ClN4O2. The van der Waals surface area contributed by atoms with Crippen molar-refractivity contribution in [3.05, 3.63) is 64.2 Å². The lowest BCUT2D eigenvalue weighted by Crippen LogP contribution is -2.29. The number of nitrogens with one attached hydrogen (secondary N) is 1. The second-order valence-electron chi connectivity index (χ2n) is 4.60. The van der Waals surface area contributed by atoms with Crippen molar-refractivity contribution in [3.8, 4) is 0 Å². The highest BCUT2D eigenvalue weighted by Crippen LogP contribution is 2.09. The van der Waals surface area contributed by atoms with Crippen LogP contribution in [0.1, 0.15) is 0 Å². The van der Waals surface area contributed by atoms with Gasteiger partial charge < -0.3 is 5.32 Å². The average molecular weight is 315 g/mol. The maximum absolute atomic E-state index is 12.2. The molecule has 1 amide bonds. The van der Waals surface area contributed by atoms with E-state index in [1.807, 2.05) is 6.07 Å². The van der Waals surface area contributed by atoms with Gasteiger partial charge in [-0.05, 0) is 18.2 Å². The van der Waals surface area contributed by atoms with Crippen LogP contribution in [0.25, 0.3) is 10.8 Å². The molecule has 1 N–H and O–H groups in total. The van der Waals surface area contributed by atoms with Crippen molar-refractivity contribution in [2.75, 3.05) is 5.32 Å². The minimum Gasteiger partial charge on any atom is -0.309 e. The smallest absolute Gasteiger partial charge is 0.275 e. The number of halogens is 1. The van der Waals surface area contributed by atoms with Gasteiger partial charge in [-0.1, -0.05) is 29.8 Å². The summed E-state index contributed by atoms with van der Waals surface area (Å²) in [5.41, 5.74) is -0.308. The molecule has 2 heterocycles. The summed E-state index contributed by atoms with van der Waals surface area (Å²) in [6.07, 6.45) is 2.99. The number of aromatic nitrogens is 3. The molecule has 22 heavy (non-hydrogen) atoms. The molecule has 0 unspecified atom stereocenters. The third-order valence-corrected chi connectivity index (χ3v) is 3.27. The molecule has 0 aliphatic carbocycles. The number of nitrogens with zero attached hydrogens (tertiary/aromatic N) is 3. The van der Waals surface area contributed by atoms with Crippen molar-refractivity contribution >= 4 is 34.1 Å². The molecule has 0 bridgehead atoms. The zero-order chi connectivity index (χ0) is 15.5. The van der Waals surface area contributed by atoms with E-state index in [-0.39, 0.29) is 18.0 Å². The van der Waals surface area contributed by atoms with E-state index in [1.54, 1.807) is 36.5 Å². The topological polar surface area (TPSA) is 76.9 Å². The van der Waals surface area contributed by atoms with Crippen molar-refractivity contribution in [2.45, 2.75) is 6.54 Å². The molecule has 0 saturated heterocycles. The number of hydrogen-bond acceptors (Lipinski definition) is 4. The number of fused-ring (bicyclic) bond motifs is 1.